The number of ether oxygens (including phenoxy) is 1. The van der Waals surface area contributed by atoms with E-state index in [4.69, 9.17) is 10.1 Å². The Kier molecular flexibility index (Phi) is 1.53. The molecule has 9 heavy (non-hydrogen) atoms. The first kappa shape index (κ1) is 5.88. The lowest BCUT2D eigenvalue weighted by molar-refractivity contribution is 0.517. The summed E-state index contributed by atoms with van der Waals surface area (Å²) in [5, 5.41) is 6.62. The maximum atomic E-state index is 6.62. The van der Waals surface area contributed by atoms with Gasteiger partial charge in [-0.3, -0.25) is 5.41 Å². The average molecular weight is 124 g/mol. The van der Waals surface area contributed by atoms with Crippen LogP contribution >= 0.6 is 0 Å². The third-order valence-electron chi connectivity index (χ3n) is 1.08. The summed E-state index contributed by atoms with van der Waals surface area (Å²) in [6, 6.07) is 3.66. The summed E-state index contributed by atoms with van der Waals surface area (Å²) in [6.45, 7) is 0. The molecule has 0 radical (unpaired) electrons. The highest BCUT2D eigenvalue weighted by molar-refractivity contribution is 5.46. The summed E-state index contributed by atoms with van der Waals surface area (Å²) < 4.78 is 6.58. The Labute approximate surface area is 53.4 Å². The van der Waals surface area contributed by atoms with Crippen molar-refractivity contribution >= 4 is 6.40 Å². The summed E-state index contributed by atoms with van der Waals surface area (Å²) in [4.78, 5) is 0. The Morgan fingerprint density at radius 1 is 1.78 bits per heavy atom. The van der Waals surface area contributed by atoms with Crippen molar-refractivity contribution in [2.75, 3.05) is 0 Å². The number of nitrogens with zero attached hydrogens (tertiary/aromatic N) is 1. The molecule has 0 aliphatic carbocycles. The number of hydrogen-bond donors (Lipinski definition) is 1. The smallest absolute Gasteiger partial charge is 0.201 e. The normalized spacial score (nSPS) is 9.00. The van der Waals surface area contributed by atoms with Crippen molar-refractivity contribution < 1.29 is 4.74 Å². The van der Waals surface area contributed by atoms with Crippen LogP contribution in [0.5, 0.6) is 5.88 Å². The van der Waals surface area contributed by atoms with Gasteiger partial charge in [0.25, 0.3) is 0 Å². The number of aryl methyl sites for hydroxylation is 1. The SMILES string of the molecule is Cn1cccc1OC=N. The largest absolute Gasteiger partial charge is 0.430 e. The lowest BCUT2D eigenvalue weighted by Crippen LogP contribution is -1.93. The van der Waals surface area contributed by atoms with Crippen LogP contribution in [0, 0.1) is 5.41 Å². The highest BCUT2D eigenvalue weighted by Gasteiger charge is 1.91. The predicted molar refractivity (Wildman–Crippen MR) is 34.8 cm³/mol. The molecule has 0 atom stereocenters. The quantitative estimate of drug-likeness (QED) is 0.463. The van der Waals surface area contributed by atoms with E-state index in [1.54, 1.807) is 10.6 Å². The molecule has 1 aromatic rings. The van der Waals surface area contributed by atoms with E-state index in [9.17, 15) is 0 Å². The predicted octanol–water partition coefficient (Wildman–Crippen LogP) is 1.01. The molecular formula is C6H8N2O. The Balaban J connectivity index is 2.80. The molecule has 1 aromatic heterocycles. The molecule has 0 fully saturated rings. The van der Waals surface area contributed by atoms with E-state index in [1.165, 1.54) is 0 Å². The standard InChI is InChI=1S/C6H8N2O/c1-8-4-2-3-6(8)9-5-7/h2-5,7H,1H3. The van der Waals surface area contributed by atoms with Crippen LogP contribution in [-0.4, -0.2) is 11.0 Å². The molecule has 0 bridgehead atoms. The fraction of sp³-hybridized carbons (Fsp3) is 0.167. The van der Waals surface area contributed by atoms with Crippen LogP contribution in [0.15, 0.2) is 18.3 Å². The zero-order chi connectivity index (χ0) is 6.69. The van der Waals surface area contributed by atoms with Crippen molar-refractivity contribution in [1.82, 2.24) is 4.57 Å². The second-order valence-electron chi connectivity index (χ2n) is 1.69. The minimum absolute atomic E-state index is 0.685. The summed E-state index contributed by atoms with van der Waals surface area (Å²) in [5.41, 5.74) is 0. The van der Waals surface area contributed by atoms with Crippen molar-refractivity contribution in [3.05, 3.63) is 18.3 Å². The van der Waals surface area contributed by atoms with Gasteiger partial charge in [-0.1, -0.05) is 0 Å². The van der Waals surface area contributed by atoms with E-state index < -0.39 is 0 Å². The third-order valence-corrected chi connectivity index (χ3v) is 1.08. The van der Waals surface area contributed by atoms with Gasteiger partial charge in [-0.2, -0.15) is 0 Å². The Hall–Kier alpha value is -1.25. The van der Waals surface area contributed by atoms with Gasteiger partial charge in [0.1, 0.15) is 0 Å². The molecule has 1 rings (SSSR count). The van der Waals surface area contributed by atoms with Crippen molar-refractivity contribution in [1.29, 1.82) is 5.41 Å². The van der Waals surface area contributed by atoms with E-state index in [0.717, 1.165) is 6.40 Å². The molecule has 48 valence electrons. The molecule has 0 aromatic carbocycles. The lowest BCUT2D eigenvalue weighted by Gasteiger charge is -1.97. The monoisotopic (exact) mass is 124 g/mol. The molecule has 3 nitrogen and oxygen atoms in total. The van der Waals surface area contributed by atoms with E-state index in [1.807, 2.05) is 19.3 Å². The summed E-state index contributed by atoms with van der Waals surface area (Å²) >= 11 is 0. The molecule has 0 spiro atoms. The maximum Gasteiger partial charge on any atom is 0.201 e. The number of nitrogens with one attached hydrogen (secondary N) is 1. The topological polar surface area (TPSA) is 38.0 Å². The van der Waals surface area contributed by atoms with Gasteiger partial charge in [0, 0.05) is 19.3 Å². The second-order valence-corrected chi connectivity index (χ2v) is 1.69. The number of hydrogen-bond acceptors (Lipinski definition) is 2. The van der Waals surface area contributed by atoms with Crippen LogP contribution in [0.1, 0.15) is 0 Å². The molecule has 0 saturated carbocycles. The Morgan fingerprint density at radius 3 is 3.00 bits per heavy atom. The third kappa shape index (κ3) is 1.10. The second kappa shape index (κ2) is 2.35. The van der Waals surface area contributed by atoms with Crippen molar-refractivity contribution in [3.8, 4) is 5.88 Å². The molecule has 0 unspecified atom stereocenters. The van der Waals surface area contributed by atoms with Crippen LogP contribution < -0.4 is 4.74 Å². The van der Waals surface area contributed by atoms with Crippen molar-refractivity contribution in [2.24, 2.45) is 7.05 Å². The highest BCUT2D eigenvalue weighted by atomic mass is 16.5. The molecular weight excluding hydrogens is 116 g/mol. The van der Waals surface area contributed by atoms with Crippen molar-refractivity contribution in [2.45, 2.75) is 0 Å². The zero-order valence-corrected chi connectivity index (χ0v) is 5.16. The molecule has 0 aliphatic heterocycles. The summed E-state index contributed by atoms with van der Waals surface area (Å²) in [5.74, 6) is 0.685. The van der Waals surface area contributed by atoms with E-state index in [0.29, 0.717) is 5.88 Å². The first-order valence-electron chi connectivity index (χ1n) is 2.61. The van der Waals surface area contributed by atoms with Gasteiger partial charge in [0.05, 0.1) is 0 Å². The van der Waals surface area contributed by atoms with Crippen LogP contribution in [0.25, 0.3) is 0 Å². The van der Waals surface area contributed by atoms with Crippen LogP contribution in [0.2, 0.25) is 0 Å². The van der Waals surface area contributed by atoms with Crippen molar-refractivity contribution in [3.63, 3.8) is 0 Å². The summed E-state index contributed by atoms with van der Waals surface area (Å²) in [6.07, 6.45) is 2.77. The van der Waals surface area contributed by atoms with Gasteiger partial charge in [-0.15, -0.1) is 0 Å². The van der Waals surface area contributed by atoms with Gasteiger partial charge in [-0.05, 0) is 6.07 Å². The molecule has 0 saturated heterocycles. The van der Waals surface area contributed by atoms with Gasteiger partial charge >= 0.3 is 0 Å². The van der Waals surface area contributed by atoms with Gasteiger partial charge in [0.2, 0.25) is 5.88 Å². The van der Waals surface area contributed by atoms with Gasteiger partial charge in [0.15, 0.2) is 6.40 Å². The average Bonchev–Trinajstić information content (AvgIpc) is 2.18. The number of aromatic nitrogens is 1. The van der Waals surface area contributed by atoms with E-state index in [-0.39, 0.29) is 0 Å². The Bertz CT molecular complexity index is 205. The minimum Gasteiger partial charge on any atom is -0.430 e. The maximum absolute atomic E-state index is 6.62. The molecule has 0 amide bonds. The zero-order valence-electron chi connectivity index (χ0n) is 5.16. The fourth-order valence-corrected chi connectivity index (χ4v) is 0.628. The summed E-state index contributed by atoms with van der Waals surface area (Å²) in [7, 11) is 1.86. The van der Waals surface area contributed by atoms with E-state index in [2.05, 4.69) is 0 Å². The first-order valence-corrected chi connectivity index (χ1v) is 2.61. The molecule has 3 heteroatoms. The molecule has 0 aliphatic rings. The van der Waals surface area contributed by atoms with Gasteiger partial charge < -0.3 is 9.30 Å². The molecule has 1 heterocycles. The van der Waals surface area contributed by atoms with Crippen LogP contribution in [-0.2, 0) is 7.05 Å². The highest BCUT2D eigenvalue weighted by Crippen LogP contribution is 2.07. The van der Waals surface area contributed by atoms with Crippen LogP contribution in [0.3, 0.4) is 0 Å². The Morgan fingerprint density at radius 2 is 2.56 bits per heavy atom. The number of rotatable bonds is 2. The minimum atomic E-state index is 0.685. The van der Waals surface area contributed by atoms with Gasteiger partial charge in [-0.25, -0.2) is 0 Å². The van der Waals surface area contributed by atoms with Crippen LogP contribution in [0.4, 0.5) is 0 Å². The molecule has 1 N–H and O–H groups in total. The lowest BCUT2D eigenvalue weighted by atomic mass is 10.7. The van der Waals surface area contributed by atoms with E-state index >= 15 is 0 Å². The fourth-order valence-electron chi connectivity index (χ4n) is 0.628. The first-order chi connectivity index (χ1) is 4.34.